The Hall–Kier alpha value is -3.35. The van der Waals surface area contributed by atoms with E-state index >= 15 is 0 Å². The number of esters is 1. The Balaban J connectivity index is 1.75. The fourth-order valence-electron chi connectivity index (χ4n) is 2.35. The van der Waals surface area contributed by atoms with Gasteiger partial charge in [-0.3, -0.25) is 9.59 Å². The molecule has 0 amide bonds. The van der Waals surface area contributed by atoms with Crippen LogP contribution in [0.4, 0.5) is 0 Å². The van der Waals surface area contributed by atoms with Crippen molar-refractivity contribution in [3.05, 3.63) is 53.6 Å². The number of ether oxygens (including phenoxy) is 3. The van der Waals surface area contributed by atoms with Crippen molar-refractivity contribution < 1.29 is 33.7 Å². The molecule has 0 aliphatic heterocycles. The molecule has 0 aromatic heterocycles. The van der Waals surface area contributed by atoms with Gasteiger partial charge in [0, 0.05) is 18.1 Å². The molecular weight excluding hydrogens is 364 g/mol. The van der Waals surface area contributed by atoms with E-state index in [1.54, 1.807) is 25.1 Å². The molecule has 0 saturated carbocycles. The molecule has 0 spiro atoms. The van der Waals surface area contributed by atoms with Crippen LogP contribution in [0.2, 0.25) is 0 Å². The zero-order chi connectivity index (χ0) is 20.5. The van der Waals surface area contributed by atoms with Gasteiger partial charge in [0.15, 0.2) is 5.78 Å². The van der Waals surface area contributed by atoms with Crippen molar-refractivity contribution in [1.82, 2.24) is 0 Å². The van der Waals surface area contributed by atoms with E-state index in [1.165, 1.54) is 31.2 Å². The summed E-state index contributed by atoms with van der Waals surface area (Å²) in [4.78, 5) is 34.5. The number of carbonyl (C=O) groups is 3. The molecule has 2 aromatic rings. The van der Waals surface area contributed by atoms with Crippen LogP contribution in [0.1, 0.15) is 41.0 Å². The lowest BCUT2D eigenvalue weighted by Crippen LogP contribution is -2.17. The quantitative estimate of drug-likeness (QED) is 0.290. The standard InChI is InChI=1S/C21H22O7/c1-3-26-21(25)20(24)15-5-7-16(8-6-15)27-11-4-12-28-17-9-10-18(14(2)22)19(23)13-17/h5-10,13,23H,3-4,11-12H2,1-2H3. The first kappa shape index (κ1) is 21.0. The molecule has 0 saturated heterocycles. The van der Waals surface area contributed by atoms with E-state index in [0.29, 0.717) is 31.1 Å². The Morgan fingerprint density at radius 1 is 0.929 bits per heavy atom. The van der Waals surface area contributed by atoms with Crippen LogP contribution < -0.4 is 9.47 Å². The fraction of sp³-hybridized carbons (Fsp3) is 0.286. The van der Waals surface area contributed by atoms with Crippen LogP contribution in [0.15, 0.2) is 42.5 Å². The number of Topliss-reactive ketones (excluding diaryl/α,β-unsaturated/α-hetero) is 2. The highest BCUT2D eigenvalue weighted by Crippen LogP contribution is 2.24. The van der Waals surface area contributed by atoms with E-state index in [2.05, 4.69) is 4.74 Å². The van der Waals surface area contributed by atoms with Gasteiger partial charge in [0.05, 0.1) is 25.4 Å². The van der Waals surface area contributed by atoms with Gasteiger partial charge < -0.3 is 19.3 Å². The number of phenols is 1. The smallest absolute Gasteiger partial charge is 0.379 e. The number of carbonyl (C=O) groups excluding carboxylic acids is 3. The van der Waals surface area contributed by atoms with Crippen LogP contribution >= 0.6 is 0 Å². The molecule has 7 nitrogen and oxygen atoms in total. The molecule has 28 heavy (non-hydrogen) atoms. The molecule has 0 aliphatic rings. The first-order chi connectivity index (χ1) is 13.4. The van der Waals surface area contributed by atoms with Gasteiger partial charge in [0.1, 0.15) is 17.2 Å². The summed E-state index contributed by atoms with van der Waals surface area (Å²) in [6.45, 7) is 3.90. The number of ketones is 2. The molecule has 0 aliphatic carbocycles. The van der Waals surface area contributed by atoms with Crippen molar-refractivity contribution in [2.45, 2.75) is 20.3 Å². The second-order valence-corrected chi connectivity index (χ2v) is 5.86. The normalized spacial score (nSPS) is 10.2. The van der Waals surface area contributed by atoms with Crippen molar-refractivity contribution in [1.29, 1.82) is 0 Å². The summed E-state index contributed by atoms with van der Waals surface area (Å²) in [7, 11) is 0. The summed E-state index contributed by atoms with van der Waals surface area (Å²) in [5, 5.41) is 9.76. The number of hydrogen-bond acceptors (Lipinski definition) is 7. The molecule has 0 bridgehead atoms. The minimum Gasteiger partial charge on any atom is -0.507 e. The summed E-state index contributed by atoms with van der Waals surface area (Å²) in [6.07, 6.45) is 0.582. The summed E-state index contributed by atoms with van der Waals surface area (Å²) in [6, 6.07) is 10.8. The van der Waals surface area contributed by atoms with Crippen molar-refractivity contribution in [2.75, 3.05) is 19.8 Å². The highest BCUT2D eigenvalue weighted by Gasteiger charge is 2.17. The maximum atomic E-state index is 11.8. The Morgan fingerprint density at radius 3 is 2.11 bits per heavy atom. The molecule has 0 atom stereocenters. The first-order valence-corrected chi connectivity index (χ1v) is 8.83. The van der Waals surface area contributed by atoms with E-state index in [-0.39, 0.29) is 29.3 Å². The first-order valence-electron chi connectivity index (χ1n) is 8.83. The minimum atomic E-state index is -0.879. The van der Waals surface area contributed by atoms with E-state index in [9.17, 15) is 19.5 Å². The van der Waals surface area contributed by atoms with Crippen molar-refractivity contribution in [3.63, 3.8) is 0 Å². The monoisotopic (exact) mass is 386 g/mol. The Labute approximate surface area is 162 Å². The average Bonchev–Trinajstić information content (AvgIpc) is 2.67. The van der Waals surface area contributed by atoms with Crippen LogP contribution in [0, 0.1) is 0 Å². The predicted octanol–water partition coefficient (Wildman–Crippen LogP) is 3.19. The second kappa shape index (κ2) is 10.1. The topological polar surface area (TPSA) is 99.1 Å². The van der Waals surface area contributed by atoms with Gasteiger partial charge in [0.2, 0.25) is 0 Å². The molecule has 1 N–H and O–H groups in total. The zero-order valence-corrected chi connectivity index (χ0v) is 15.8. The number of hydrogen-bond donors (Lipinski definition) is 1. The lowest BCUT2D eigenvalue weighted by Gasteiger charge is -2.09. The van der Waals surface area contributed by atoms with Gasteiger partial charge in [-0.15, -0.1) is 0 Å². The van der Waals surface area contributed by atoms with E-state index in [0.717, 1.165) is 0 Å². The van der Waals surface area contributed by atoms with E-state index in [1.807, 2.05) is 0 Å². The van der Waals surface area contributed by atoms with Gasteiger partial charge in [0.25, 0.3) is 5.78 Å². The SMILES string of the molecule is CCOC(=O)C(=O)c1ccc(OCCCOc2ccc(C(C)=O)c(O)c2)cc1. The Kier molecular flexibility index (Phi) is 7.56. The Bertz CT molecular complexity index is 840. The van der Waals surface area contributed by atoms with E-state index < -0.39 is 11.8 Å². The van der Waals surface area contributed by atoms with Crippen molar-refractivity contribution >= 4 is 17.5 Å². The van der Waals surface area contributed by atoms with E-state index in [4.69, 9.17) is 9.47 Å². The largest absolute Gasteiger partial charge is 0.507 e. The summed E-state index contributed by atoms with van der Waals surface area (Å²) in [5.41, 5.74) is 0.489. The molecule has 0 heterocycles. The summed E-state index contributed by atoms with van der Waals surface area (Å²) < 4.78 is 15.7. The van der Waals surface area contributed by atoms with Crippen LogP contribution in [-0.2, 0) is 9.53 Å². The molecule has 0 fully saturated rings. The molecular formula is C21H22O7. The molecule has 2 rings (SSSR count). The number of rotatable bonds is 10. The van der Waals surface area contributed by atoms with Gasteiger partial charge in [-0.05, 0) is 50.2 Å². The van der Waals surface area contributed by atoms with Crippen LogP contribution in [0.3, 0.4) is 0 Å². The molecule has 0 radical (unpaired) electrons. The molecule has 148 valence electrons. The average molecular weight is 386 g/mol. The predicted molar refractivity (Wildman–Crippen MR) is 101 cm³/mol. The Morgan fingerprint density at radius 2 is 1.54 bits per heavy atom. The third-order valence-corrected chi connectivity index (χ3v) is 3.75. The molecule has 0 unspecified atom stereocenters. The highest BCUT2D eigenvalue weighted by atomic mass is 16.5. The van der Waals surface area contributed by atoms with Gasteiger partial charge in [-0.2, -0.15) is 0 Å². The van der Waals surface area contributed by atoms with Crippen LogP contribution in [0.5, 0.6) is 17.2 Å². The number of benzene rings is 2. The van der Waals surface area contributed by atoms with Gasteiger partial charge in [-0.25, -0.2) is 4.79 Å². The third kappa shape index (κ3) is 5.84. The fourth-order valence-corrected chi connectivity index (χ4v) is 2.35. The minimum absolute atomic E-state index is 0.112. The second-order valence-electron chi connectivity index (χ2n) is 5.86. The number of phenolic OH excluding ortho intramolecular Hbond substituents is 1. The maximum Gasteiger partial charge on any atom is 0.379 e. The molecule has 2 aromatic carbocycles. The van der Waals surface area contributed by atoms with Gasteiger partial charge in [-0.1, -0.05) is 0 Å². The maximum absolute atomic E-state index is 11.8. The van der Waals surface area contributed by atoms with Crippen LogP contribution in [0.25, 0.3) is 0 Å². The van der Waals surface area contributed by atoms with Crippen molar-refractivity contribution in [3.8, 4) is 17.2 Å². The van der Waals surface area contributed by atoms with Gasteiger partial charge >= 0.3 is 5.97 Å². The van der Waals surface area contributed by atoms with Crippen molar-refractivity contribution in [2.24, 2.45) is 0 Å². The lowest BCUT2D eigenvalue weighted by molar-refractivity contribution is -0.137. The summed E-state index contributed by atoms with van der Waals surface area (Å²) >= 11 is 0. The number of aromatic hydroxyl groups is 1. The van der Waals surface area contributed by atoms with Crippen LogP contribution in [-0.4, -0.2) is 42.5 Å². The lowest BCUT2D eigenvalue weighted by atomic mass is 10.1. The summed E-state index contributed by atoms with van der Waals surface area (Å²) in [5.74, 6) is -0.879. The third-order valence-electron chi connectivity index (χ3n) is 3.75. The molecule has 7 heteroatoms. The zero-order valence-electron chi connectivity index (χ0n) is 15.8. The highest BCUT2D eigenvalue weighted by molar-refractivity contribution is 6.40.